The molecule has 3 rings (SSSR count). The maximum absolute atomic E-state index is 13.1. The highest BCUT2D eigenvalue weighted by molar-refractivity contribution is 5.95. The Labute approximate surface area is 159 Å². The number of fused-ring (bicyclic) bond motifs is 1. The monoisotopic (exact) mass is 369 g/mol. The lowest BCUT2D eigenvalue weighted by atomic mass is 9.85. The van der Waals surface area contributed by atoms with Crippen LogP contribution in [0.15, 0.2) is 24.3 Å². The first-order chi connectivity index (χ1) is 12.7. The summed E-state index contributed by atoms with van der Waals surface area (Å²) in [6.07, 6.45) is 2.58. The maximum atomic E-state index is 13.1. The lowest BCUT2D eigenvalue weighted by molar-refractivity contribution is -0.138. The third kappa shape index (κ3) is 3.61. The Bertz CT molecular complexity index is 885. The molecular weight excluding hydrogens is 342 g/mol. The fraction of sp³-hybridized carbons (Fsp3) is 0.476. The Kier molecular flexibility index (Phi) is 5.09. The molecule has 2 aromatic rings. The van der Waals surface area contributed by atoms with Gasteiger partial charge in [0.2, 0.25) is 0 Å². The second-order valence-electron chi connectivity index (χ2n) is 7.92. The zero-order chi connectivity index (χ0) is 19.8. The number of rotatable bonds is 6. The van der Waals surface area contributed by atoms with Crippen molar-refractivity contribution in [3.8, 4) is 5.69 Å². The van der Waals surface area contributed by atoms with Crippen molar-refractivity contribution >= 4 is 11.9 Å². The van der Waals surface area contributed by atoms with Gasteiger partial charge in [-0.25, -0.2) is 4.68 Å². The first kappa shape index (κ1) is 19.1. The van der Waals surface area contributed by atoms with Gasteiger partial charge in [-0.05, 0) is 50.7 Å². The van der Waals surface area contributed by atoms with E-state index in [0.717, 1.165) is 41.8 Å². The van der Waals surface area contributed by atoms with E-state index < -0.39 is 11.5 Å². The van der Waals surface area contributed by atoms with Gasteiger partial charge in [-0.1, -0.05) is 32.0 Å². The fourth-order valence-corrected chi connectivity index (χ4v) is 3.65. The quantitative estimate of drug-likeness (QED) is 0.818. The van der Waals surface area contributed by atoms with Crippen molar-refractivity contribution in [2.24, 2.45) is 5.92 Å². The minimum Gasteiger partial charge on any atom is -0.481 e. The molecule has 27 heavy (non-hydrogen) atoms. The molecule has 0 bridgehead atoms. The van der Waals surface area contributed by atoms with E-state index in [1.165, 1.54) is 0 Å². The number of para-hydroxylation sites is 1. The predicted molar refractivity (Wildman–Crippen MR) is 103 cm³/mol. The van der Waals surface area contributed by atoms with Crippen molar-refractivity contribution in [1.82, 2.24) is 15.1 Å². The van der Waals surface area contributed by atoms with Gasteiger partial charge >= 0.3 is 5.97 Å². The predicted octanol–water partition coefficient (Wildman–Crippen LogP) is 3.29. The second kappa shape index (κ2) is 7.18. The summed E-state index contributed by atoms with van der Waals surface area (Å²) in [4.78, 5) is 24.3. The summed E-state index contributed by atoms with van der Waals surface area (Å²) in [5.41, 5.74) is 3.73. The van der Waals surface area contributed by atoms with Crippen molar-refractivity contribution in [2.45, 2.75) is 58.9 Å². The first-order valence-electron chi connectivity index (χ1n) is 9.44. The normalized spacial score (nSPS) is 15.4. The zero-order valence-electron chi connectivity index (χ0n) is 16.4. The summed E-state index contributed by atoms with van der Waals surface area (Å²) in [6.45, 7) is 7.64. The van der Waals surface area contributed by atoms with Crippen LogP contribution in [0.1, 0.15) is 60.9 Å². The van der Waals surface area contributed by atoms with Crippen molar-refractivity contribution in [3.63, 3.8) is 0 Å². The van der Waals surface area contributed by atoms with Gasteiger partial charge in [0.1, 0.15) is 0 Å². The summed E-state index contributed by atoms with van der Waals surface area (Å²) in [6, 6.07) is 7.98. The molecule has 0 radical (unpaired) electrons. The minimum atomic E-state index is -0.929. The van der Waals surface area contributed by atoms with E-state index in [1.54, 1.807) is 6.92 Å². The van der Waals surface area contributed by atoms with E-state index in [0.29, 0.717) is 5.69 Å². The van der Waals surface area contributed by atoms with Crippen LogP contribution in [0.5, 0.6) is 0 Å². The Hall–Kier alpha value is -2.63. The first-order valence-corrected chi connectivity index (χ1v) is 9.44. The van der Waals surface area contributed by atoms with Crippen LogP contribution < -0.4 is 5.32 Å². The second-order valence-corrected chi connectivity index (χ2v) is 7.92. The molecule has 0 saturated heterocycles. The number of carboxylic acids is 1. The number of benzene rings is 1. The number of hydrogen-bond acceptors (Lipinski definition) is 3. The van der Waals surface area contributed by atoms with Crippen LogP contribution in [-0.4, -0.2) is 32.3 Å². The van der Waals surface area contributed by atoms with Gasteiger partial charge in [-0.15, -0.1) is 0 Å². The molecule has 0 spiro atoms. The molecule has 1 aromatic carbocycles. The molecule has 6 nitrogen and oxygen atoms in total. The maximum Gasteiger partial charge on any atom is 0.305 e. The van der Waals surface area contributed by atoms with Crippen LogP contribution in [0.3, 0.4) is 0 Å². The summed E-state index contributed by atoms with van der Waals surface area (Å²) >= 11 is 0. The average molecular weight is 369 g/mol. The third-order valence-electron chi connectivity index (χ3n) is 5.68. The number of hydrogen-bond donors (Lipinski definition) is 2. The minimum absolute atomic E-state index is 0.0240. The molecule has 0 fully saturated rings. The number of aromatic nitrogens is 2. The lowest BCUT2D eigenvalue weighted by Crippen LogP contribution is -2.51. The summed E-state index contributed by atoms with van der Waals surface area (Å²) in [7, 11) is 0. The molecule has 1 unspecified atom stereocenters. The Morgan fingerprint density at radius 3 is 2.63 bits per heavy atom. The zero-order valence-corrected chi connectivity index (χ0v) is 16.4. The highest BCUT2D eigenvalue weighted by Crippen LogP contribution is 2.30. The Morgan fingerprint density at radius 1 is 1.30 bits per heavy atom. The molecule has 2 N–H and O–H groups in total. The van der Waals surface area contributed by atoms with E-state index in [-0.39, 0.29) is 18.2 Å². The number of carbonyl (C=O) groups excluding carboxylic acids is 1. The van der Waals surface area contributed by atoms with Gasteiger partial charge in [0.15, 0.2) is 5.69 Å². The molecule has 0 saturated carbocycles. The number of nitrogens with one attached hydrogen (secondary N) is 1. The molecule has 6 heteroatoms. The lowest BCUT2D eigenvalue weighted by Gasteiger charge is -2.33. The molecule has 0 aliphatic heterocycles. The van der Waals surface area contributed by atoms with E-state index in [9.17, 15) is 14.7 Å². The molecule has 144 valence electrons. The van der Waals surface area contributed by atoms with Crippen LogP contribution in [0.2, 0.25) is 0 Å². The van der Waals surface area contributed by atoms with E-state index >= 15 is 0 Å². The van der Waals surface area contributed by atoms with Crippen molar-refractivity contribution < 1.29 is 14.7 Å². The standard InChI is InChI=1S/C21H27N3O3/c1-13(2)21(4,12-18(25)26)22-20(27)19-15-9-7-11-17(15)24(23-19)16-10-6-5-8-14(16)3/h5-6,8,10,13H,7,9,11-12H2,1-4H3,(H,22,27)(H,25,26). The number of amides is 1. The molecule has 1 aliphatic rings. The van der Waals surface area contributed by atoms with Crippen LogP contribution in [0, 0.1) is 12.8 Å². The molecule has 1 aromatic heterocycles. The summed E-state index contributed by atoms with van der Waals surface area (Å²) in [5, 5.41) is 16.8. The fourth-order valence-electron chi connectivity index (χ4n) is 3.65. The van der Waals surface area contributed by atoms with Gasteiger partial charge in [0.25, 0.3) is 5.91 Å². The Balaban J connectivity index is 1.98. The van der Waals surface area contributed by atoms with E-state index in [4.69, 9.17) is 0 Å². The highest BCUT2D eigenvalue weighted by atomic mass is 16.4. The van der Waals surface area contributed by atoms with Crippen LogP contribution in [-0.2, 0) is 17.6 Å². The average Bonchev–Trinajstić information content (AvgIpc) is 3.16. The third-order valence-corrected chi connectivity index (χ3v) is 5.68. The number of carbonyl (C=O) groups is 2. The van der Waals surface area contributed by atoms with Crippen molar-refractivity contribution in [3.05, 3.63) is 46.8 Å². The van der Waals surface area contributed by atoms with Gasteiger partial charge in [-0.2, -0.15) is 5.10 Å². The largest absolute Gasteiger partial charge is 0.481 e. The van der Waals surface area contributed by atoms with Crippen LogP contribution in [0.25, 0.3) is 5.69 Å². The smallest absolute Gasteiger partial charge is 0.305 e. The molecule has 1 aliphatic carbocycles. The number of aryl methyl sites for hydroxylation is 1. The van der Waals surface area contributed by atoms with Gasteiger partial charge in [-0.3, -0.25) is 9.59 Å². The van der Waals surface area contributed by atoms with Crippen molar-refractivity contribution in [2.75, 3.05) is 0 Å². The van der Waals surface area contributed by atoms with E-state index in [2.05, 4.69) is 10.4 Å². The van der Waals surface area contributed by atoms with Gasteiger partial charge in [0, 0.05) is 11.3 Å². The SMILES string of the molecule is Cc1ccccc1-n1nc(C(=O)NC(C)(CC(=O)O)C(C)C)c2c1CCC2. The topological polar surface area (TPSA) is 84.2 Å². The van der Waals surface area contributed by atoms with Crippen LogP contribution >= 0.6 is 0 Å². The summed E-state index contributed by atoms with van der Waals surface area (Å²) < 4.78 is 1.89. The van der Waals surface area contributed by atoms with Gasteiger partial charge in [0.05, 0.1) is 17.6 Å². The molecule has 1 atom stereocenters. The van der Waals surface area contributed by atoms with Gasteiger partial charge < -0.3 is 10.4 Å². The highest BCUT2D eigenvalue weighted by Gasteiger charge is 2.35. The number of nitrogens with zero attached hydrogens (tertiary/aromatic N) is 2. The molecule has 1 amide bonds. The van der Waals surface area contributed by atoms with Crippen molar-refractivity contribution in [1.29, 1.82) is 0 Å². The molecule has 1 heterocycles. The van der Waals surface area contributed by atoms with Crippen LogP contribution in [0.4, 0.5) is 0 Å². The Morgan fingerprint density at radius 2 is 2.00 bits per heavy atom. The summed E-state index contributed by atoms with van der Waals surface area (Å²) in [5.74, 6) is -1.25. The molecular formula is C21H27N3O3. The van der Waals surface area contributed by atoms with E-state index in [1.807, 2.05) is 49.7 Å². The number of aliphatic carboxylic acids is 1. The number of carboxylic acid groups (broad SMARTS) is 1.